The van der Waals surface area contributed by atoms with E-state index in [1.54, 1.807) is 12.1 Å². The summed E-state index contributed by atoms with van der Waals surface area (Å²) >= 11 is 0. The lowest BCUT2D eigenvalue weighted by atomic mass is 10.0. The lowest BCUT2D eigenvalue weighted by molar-refractivity contribution is -0.274. The molecule has 0 amide bonds. The fourth-order valence-corrected chi connectivity index (χ4v) is 1.72. The van der Waals surface area contributed by atoms with Gasteiger partial charge in [0.25, 0.3) is 0 Å². The Bertz CT molecular complexity index is 391. The molecule has 0 radical (unpaired) electrons. The van der Waals surface area contributed by atoms with Crippen LogP contribution in [0.4, 0.5) is 18.9 Å². The first-order chi connectivity index (χ1) is 8.76. The number of hydrogen-bond acceptors (Lipinski definition) is 2. The maximum atomic E-state index is 12.1. The van der Waals surface area contributed by atoms with Crippen molar-refractivity contribution in [1.82, 2.24) is 0 Å². The van der Waals surface area contributed by atoms with Crippen molar-refractivity contribution in [3.8, 4) is 5.75 Å². The van der Waals surface area contributed by atoms with E-state index in [-0.39, 0.29) is 11.8 Å². The Labute approximate surface area is 112 Å². The summed E-state index contributed by atoms with van der Waals surface area (Å²) in [6, 6.07) is 6.13. The van der Waals surface area contributed by atoms with E-state index in [0.29, 0.717) is 11.6 Å². The number of halogens is 3. The van der Waals surface area contributed by atoms with Gasteiger partial charge in [0.2, 0.25) is 0 Å². The highest BCUT2D eigenvalue weighted by atomic mass is 19.4. The molecule has 1 N–H and O–H groups in total. The summed E-state index contributed by atoms with van der Waals surface area (Å²) in [6.45, 7) is 6.30. The zero-order chi connectivity index (χ0) is 14.5. The molecule has 0 fully saturated rings. The van der Waals surface area contributed by atoms with Crippen molar-refractivity contribution in [1.29, 1.82) is 0 Å². The van der Waals surface area contributed by atoms with Gasteiger partial charge in [-0.2, -0.15) is 0 Å². The van der Waals surface area contributed by atoms with E-state index in [4.69, 9.17) is 0 Å². The lowest BCUT2D eigenvalue weighted by Gasteiger charge is -2.17. The summed E-state index contributed by atoms with van der Waals surface area (Å²) in [7, 11) is 0. The van der Waals surface area contributed by atoms with Crippen LogP contribution in [0.1, 0.15) is 33.6 Å². The first-order valence-corrected chi connectivity index (χ1v) is 6.38. The predicted molar refractivity (Wildman–Crippen MR) is 70.3 cm³/mol. The maximum absolute atomic E-state index is 12.1. The third-order valence-electron chi connectivity index (χ3n) is 2.66. The number of alkyl halides is 3. The van der Waals surface area contributed by atoms with Crippen LogP contribution in [0.3, 0.4) is 0 Å². The summed E-state index contributed by atoms with van der Waals surface area (Å²) in [4.78, 5) is 0. The number of benzene rings is 1. The van der Waals surface area contributed by atoms with Crippen molar-refractivity contribution >= 4 is 5.69 Å². The number of hydrogen-bond donors (Lipinski definition) is 1. The standard InChI is InChI=1S/C14H20F3NO/c1-10(2)7-8-11(3)18-12-5-4-6-13(9-12)19-14(15,16)17/h4-6,9-11,18H,7-8H2,1-3H3. The van der Waals surface area contributed by atoms with Crippen LogP contribution >= 0.6 is 0 Å². The van der Waals surface area contributed by atoms with Gasteiger partial charge < -0.3 is 10.1 Å². The predicted octanol–water partition coefficient (Wildman–Crippen LogP) is 4.82. The summed E-state index contributed by atoms with van der Waals surface area (Å²) in [5.41, 5.74) is 0.637. The van der Waals surface area contributed by atoms with Crippen molar-refractivity contribution in [2.24, 2.45) is 5.92 Å². The highest BCUT2D eigenvalue weighted by molar-refractivity contribution is 5.48. The Kier molecular flexibility index (Phi) is 5.51. The van der Waals surface area contributed by atoms with Gasteiger partial charge in [-0.05, 0) is 37.8 Å². The molecule has 108 valence electrons. The molecule has 0 saturated heterocycles. The van der Waals surface area contributed by atoms with Crippen molar-refractivity contribution in [3.05, 3.63) is 24.3 Å². The van der Waals surface area contributed by atoms with Gasteiger partial charge in [0, 0.05) is 17.8 Å². The second kappa shape index (κ2) is 6.68. The first-order valence-electron chi connectivity index (χ1n) is 6.38. The summed E-state index contributed by atoms with van der Waals surface area (Å²) in [5.74, 6) is 0.415. The second-order valence-corrected chi connectivity index (χ2v) is 5.09. The molecule has 0 saturated carbocycles. The van der Waals surface area contributed by atoms with Gasteiger partial charge in [0.05, 0.1) is 0 Å². The van der Waals surface area contributed by atoms with Crippen LogP contribution in [0.15, 0.2) is 24.3 Å². The van der Waals surface area contributed by atoms with Gasteiger partial charge in [-0.15, -0.1) is 13.2 Å². The van der Waals surface area contributed by atoms with E-state index in [1.807, 2.05) is 6.92 Å². The average molecular weight is 275 g/mol. The third-order valence-corrected chi connectivity index (χ3v) is 2.66. The molecular weight excluding hydrogens is 255 g/mol. The van der Waals surface area contributed by atoms with Crippen molar-refractivity contribution in [3.63, 3.8) is 0 Å². The topological polar surface area (TPSA) is 21.3 Å². The monoisotopic (exact) mass is 275 g/mol. The minimum Gasteiger partial charge on any atom is -0.406 e. The van der Waals surface area contributed by atoms with E-state index in [2.05, 4.69) is 23.9 Å². The third kappa shape index (κ3) is 6.94. The molecule has 2 nitrogen and oxygen atoms in total. The first kappa shape index (κ1) is 15.7. The van der Waals surface area contributed by atoms with Crippen LogP contribution in [0.25, 0.3) is 0 Å². The molecule has 0 aliphatic heterocycles. The largest absolute Gasteiger partial charge is 0.573 e. The zero-order valence-electron chi connectivity index (χ0n) is 11.4. The fraction of sp³-hybridized carbons (Fsp3) is 0.571. The van der Waals surface area contributed by atoms with E-state index in [1.165, 1.54) is 12.1 Å². The van der Waals surface area contributed by atoms with E-state index >= 15 is 0 Å². The number of ether oxygens (including phenoxy) is 1. The highest BCUT2D eigenvalue weighted by Gasteiger charge is 2.31. The zero-order valence-corrected chi connectivity index (χ0v) is 11.4. The summed E-state index contributed by atoms with van der Waals surface area (Å²) in [6.07, 6.45) is -2.60. The van der Waals surface area contributed by atoms with Crippen LogP contribution in [-0.4, -0.2) is 12.4 Å². The Hall–Kier alpha value is -1.39. The molecule has 0 aliphatic carbocycles. The van der Waals surface area contributed by atoms with E-state index < -0.39 is 6.36 Å². The SMILES string of the molecule is CC(C)CCC(C)Nc1cccc(OC(F)(F)F)c1. The Morgan fingerprint density at radius 3 is 2.42 bits per heavy atom. The van der Waals surface area contributed by atoms with Crippen LogP contribution in [-0.2, 0) is 0 Å². The molecule has 0 bridgehead atoms. The molecule has 5 heteroatoms. The molecule has 1 aromatic carbocycles. The average Bonchev–Trinajstić information content (AvgIpc) is 2.24. The van der Waals surface area contributed by atoms with Crippen molar-refractivity contribution < 1.29 is 17.9 Å². The van der Waals surface area contributed by atoms with Gasteiger partial charge in [0.1, 0.15) is 5.75 Å². The molecule has 1 unspecified atom stereocenters. The quantitative estimate of drug-likeness (QED) is 0.803. The summed E-state index contributed by atoms with van der Waals surface area (Å²) < 4.78 is 40.2. The fourth-order valence-electron chi connectivity index (χ4n) is 1.72. The summed E-state index contributed by atoms with van der Waals surface area (Å²) in [5, 5.41) is 3.18. The van der Waals surface area contributed by atoms with Gasteiger partial charge in [-0.1, -0.05) is 19.9 Å². The molecule has 0 aromatic heterocycles. The lowest BCUT2D eigenvalue weighted by Crippen LogP contribution is -2.18. The van der Waals surface area contributed by atoms with Crippen LogP contribution < -0.4 is 10.1 Å². The molecule has 1 aromatic rings. The Morgan fingerprint density at radius 1 is 1.16 bits per heavy atom. The molecular formula is C14H20F3NO. The Balaban J connectivity index is 2.57. The van der Waals surface area contributed by atoms with Crippen molar-refractivity contribution in [2.45, 2.75) is 46.0 Å². The molecule has 0 heterocycles. The van der Waals surface area contributed by atoms with E-state index in [0.717, 1.165) is 12.8 Å². The van der Waals surface area contributed by atoms with Crippen LogP contribution in [0.5, 0.6) is 5.75 Å². The molecule has 1 rings (SSSR count). The van der Waals surface area contributed by atoms with Gasteiger partial charge in [-0.3, -0.25) is 0 Å². The molecule has 0 aliphatic rings. The molecule has 0 spiro atoms. The van der Waals surface area contributed by atoms with Crippen LogP contribution in [0, 0.1) is 5.92 Å². The minimum absolute atomic E-state index is 0.200. The van der Waals surface area contributed by atoms with Gasteiger partial charge in [-0.25, -0.2) is 0 Å². The van der Waals surface area contributed by atoms with Crippen molar-refractivity contribution in [2.75, 3.05) is 5.32 Å². The number of nitrogens with one attached hydrogen (secondary N) is 1. The molecule has 19 heavy (non-hydrogen) atoms. The Morgan fingerprint density at radius 2 is 1.84 bits per heavy atom. The van der Waals surface area contributed by atoms with Gasteiger partial charge in [0.15, 0.2) is 0 Å². The normalized spacial score (nSPS) is 13.4. The van der Waals surface area contributed by atoms with Gasteiger partial charge >= 0.3 is 6.36 Å². The second-order valence-electron chi connectivity index (χ2n) is 5.09. The van der Waals surface area contributed by atoms with Crippen LogP contribution in [0.2, 0.25) is 0 Å². The number of rotatable bonds is 6. The molecule has 1 atom stereocenters. The minimum atomic E-state index is -4.65. The smallest absolute Gasteiger partial charge is 0.406 e. The van der Waals surface area contributed by atoms with E-state index in [9.17, 15) is 13.2 Å². The number of anilines is 1. The highest BCUT2D eigenvalue weighted by Crippen LogP contribution is 2.25. The maximum Gasteiger partial charge on any atom is 0.573 e.